The number of sulfone groups is 1. The fourth-order valence-electron chi connectivity index (χ4n) is 1.71. The molecule has 0 spiro atoms. The summed E-state index contributed by atoms with van der Waals surface area (Å²) in [5.41, 5.74) is 1.48. The van der Waals surface area contributed by atoms with Crippen molar-refractivity contribution < 1.29 is 8.42 Å². The van der Waals surface area contributed by atoms with Gasteiger partial charge in [0.15, 0.2) is 9.84 Å². The number of pyridine rings is 1. The van der Waals surface area contributed by atoms with Crippen LogP contribution < -0.4 is 0 Å². The maximum Gasteiger partial charge on any atom is 0.177 e. The first-order valence-electron chi connectivity index (χ1n) is 5.11. The number of para-hydroxylation sites is 1. The zero-order chi connectivity index (χ0) is 11.8. The summed E-state index contributed by atoms with van der Waals surface area (Å²) >= 11 is 0. The lowest BCUT2D eigenvalue weighted by Gasteiger charge is -2.07. The van der Waals surface area contributed by atoms with Crippen LogP contribution in [0.25, 0.3) is 10.9 Å². The van der Waals surface area contributed by atoms with Crippen LogP contribution in [0.3, 0.4) is 0 Å². The predicted molar refractivity (Wildman–Crippen MR) is 64.2 cm³/mol. The summed E-state index contributed by atoms with van der Waals surface area (Å²) in [6.45, 7) is 1.91. The maximum absolute atomic E-state index is 11.6. The van der Waals surface area contributed by atoms with Gasteiger partial charge in [0.2, 0.25) is 0 Å². The van der Waals surface area contributed by atoms with Gasteiger partial charge in [0.05, 0.1) is 16.1 Å². The van der Waals surface area contributed by atoms with Crippen molar-refractivity contribution in [3.8, 4) is 0 Å². The second kappa shape index (κ2) is 3.87. The Kier molecular flexibility index (Phi) is 2.68. The monoisotopic (exact) mass is 235 g/mol. The fraction of sp³-hybridized carbons (Fsp3) is 0.250. The molecular weight excluding hydrogens is 222 g/mol. The molecule has 0 aliphatic rings. The number of hydrogen-bond acceptors (Lipinski definition) is 3. The number of aromatic nitrogens is 1. The zero-order valence-corrected chi connectivity index (χ0v) is 10.1. The van der Waals surface area contributed by atoms with Gasteiger partial charge in [0, 0.05) is 11.6 Å². The first kappa shape index (κ1) is 11.1. The normalized spacial score (nSPS) is 11.9. The number of hydrogen-bond donors (Lipinski definition) is 0. The minimum Gasteiger partial charge on any atom is -0.251 e. The van der Waals surface area contributed by atoms with Crippen molar-refractivity contribution in [1.82, 2.24) is 4.98 Å². The first-order valence-corrected chi connectivity index (χ1v) is 7.00. The summed E-state index contributed by atoms with van der Waals surface area (Å²) in [5.74, 6) is 0. The van der Waals surface area contributed by atoms with Crippen LogP contribution in [0.2, 0.25) is 0 Å². The highest BCUT2D eigenvalue weighted by Gasteiger charge is 2.14. The number of benzene rings is 1. The van der Waals surface area contributed by atoms with Gasteiger partial charge in [-0.05, 0) is 18.6 Å². The van der Waals surface area contributed by atoms with E-state index in [1.807, 2.05) is 31.2 Å². The molecule has 4 heteroatoms. The molecule has 2 aromatic rings. The van der Waals surface area contributed by atoms with Gasteiger partial charge in [-0.3, -0.25) is 4.98 Å². The van der Waals surface area contributed by atoms with Gasteiger partial charge in [-0.15, -0.1) is 0 Å². The molecule has 1 heterocycles. The smallest absolute Gasteiger partial charge is 0.177 e. The van der Waals surface area contributed by atoms with E-state index in [0.29, 0.717) is 17.0 Å². The van der Waals surface area contributed by atoms with Crippen LogP contribution in [-0.4, -0.2) is 19.7 Å². The lowest BCUT2D eigenvalue weighted by atomic mass is 10.2. The minimum atomic E-state index is -3.20. The summed E-state index contributed by atoms with van der Waals surface area (Å²) < 4.78 is 23.2. The van der Waals surface area contributed by atoms with Crippen molar-refractivity contribution in [1.29, 1.82) is 0 Å². The minimum absolute atomic E-state index is 0.341. The summed E-state index contributed by atoms with van der Waals surface area (Å²) in [4.78, 5) is 4.72. The summed E-state index contributed by atoms with van der Waals surface area (Å²) in [6, 6.07) is 9.24. The van der Waals surface area contributed by atoms with Crippen LogP contribution in [0.4, 0.5) is 0 Å². The number of fused-ring (bicyclic) bond motifs is 1. The molecule has 0 aliphatic carbocycles. The molecular formula is C12H13NO2S. The van der Waals surface area contributed by atoms with Gasteiger partial charge in [-0.2, -0.15) is 0 Å². The molecule has 0 unspecified atom stereocenters. The van der Waals surface area contributed by atoms with Crippen molar-refractivity contribution in [3.05, 3.63) is 36.0 Å². The quantitative estimate of drug-likeness (QED) is 0.801. The Morgan fingerprint density at radius 1 is 1.25 bits per heavy atom. The molecule has 0 atom stereocenters. The molecule has 2 rings (SSSR count). The molecule has 0 saturated heterocycles. The standard InChI is InChI=1S/C12H13NO2S/c1-3-10-12(16(2,14)15)8-9-6-4-5-7-11(9)13-10/h4-8H,3H2,1-2H3. The van der Waals surface area contributed by atoms with Crippen LogP contribution in [0.15, 0.2) is 35.2 Å². The van der Waals surface area contributed by atoms with E-state index < -0.39 is 9.84 Å². The van der Waals surface area contributed by atoms with Gasteiger partial charge in [-0.1, -0.05) is 25.1 Å². The molecule has 0 bridgehead atoms. The predicted octanol–water partition coefficient (Wildman–Crippen LogP) is 2.20. The lowest BCUT2D eigenvalue weighted by Crippen LogP contribution is -2.04. The van der Waals surface area contributed by atoms with E-state index in [4.69, 9.17) is 0 Å². The van der Waals surface area contributed by atoms with Crippen molar-refractivity contribution >= 4 is 20.7 Å². The van der Waals surface area contributed by atoms with Crippen LogP contribution in [0.1, 0.15) is 12.6 Å². The molecule has 16 heavy (non-hydrogen) atoms. The Bertz CT molecular complexity index is 633. The van der Waals surface area contributed by atoms with Crippen molar-refractivity contribution in [2.24, 2.45) is 0 Å². The second-order valence-corrected chi connectivity index (χ2v) is 5.74. The summed E-state index contributed by atoms with van der Waals surface area (Å²) in [5, 5.41) is 0.861. The van der Waals surface area contributed by atoms with E-state index >= 15 is 0 Å². The van der Waals surface area contributed by atoms with E-state index in [2.05, 4.69) is 4.98 Å². The lowest BCUT2D eigenvalue weighted by molar-refractivity contribution is 0.600. The number of rotatable bonds is 2. The molecule has 0 aliphatic heterocycles. The van der Waals surface area contributed by atoms with E-state index in [-0.39, 0.29) is 0 Å². The van der Waals surface area contributed by atoms with Crippen molar-refractivity contribution in [2.45, 2.75) is 18.2 Å². The third-order valence-electron chi connectivity index (χ3n) is 2.50. The number of aryl methyl sites for hydroxylation is 1. The highest BCUT2D eigenvalue weighted by molar-refractivity contribution is 7.90. The Balaban J connectivity index is 2.83. The summed E-state index contributed by atoms with van der Waals surface area (Å²) in [6.07, 6.45) is 1.84. The molecule has 1 aromatic carbocycles. The topological polar surface area (TPSA) is 47.0 Å². The average molecular weight is 235 g/mol. The zero-order valence-electron chi connectivity index (χ0n) is 9.27. The van der Waals surface area contributed by atoms with E-state index in [1.165, 1.54) is 6.26 Å². The molecule has 0 fully saturated rings. The molecule has 0 radical (unpaired) electrons. The van der Waals surface area contributed by atoms with Gasteiger partial charge >= 0.3 is 0 Å². The van der Waals surface area contributed by atoms with Crippen LogP contribution >= 0.6 is 0 Å². The van der Waals surface area contributed by atoms with Crippen LogP contribution in [-0.2, 0) is 16.3 Å². The van der Waals surface area contributed by atoms with Gasteiger partial charge in [-0.25, -0.2) is 8.42 Å². The van der Waals surface area contributed by atoms with Crippen molar-refractivity contribution in [3.63, 3.8) is 0 Å². The third-order valence-corrected chi connectivity index (χ3v) is 3.65. The Morgan fingerprint density at radius 3 is 2.56 bits per heavy atom. The molecule has 1 aromatic heterocycles. The largest absolute Gasteiger partial charge is 0.251 e. The first-order chi connectivity index (χ1) is 7.52. The van der Waals surface area contributed by atoms with E-state index in [0.717, 1.165) is 10.9 Å². The fourth-order valence-corrected chi connectivity index (χ4v) is 2.67. The maximum atomic E-state index is 11.6. The SMILES string of the molecule is CCc1nc2ccccc2cc1S(C)(=O)=O. The highest BCUT2D eigenvalue weighted by atomic mass is 32.2. The third kappa shape index (κ3) is 1.93. The Morgan fingerprint density at radius 2 is 1.94 bits per heavy atom. The Labute approximate surface area is 95.1 Å². The molecule has 0 amide bonds. The van der Waals surface area contributed by atoms with E-state index in [1.54, 1.807) is 6.07 Å². The average Bonchev–Trinajstić information content (AvgIpc) is 2.26. The van der Waals surface area contributed by atoms with Gasteiger partial charge in [0.25, 0.3) is 0 Å². The number of nitrogens with zero attached hydrogens (tertiary/aromatic N) is 1. The molecule has 3 nitrogen and oxygen atoms in total. The summed E-state index contributed by atoms with van der Waals surface area (Å²) in [7, 11) is -3.20. The van der Waals surface area contributed by atoms with Crippen LogP contribution in [0.5, 0.6) is 0 Å². The van der Waals surface area contributed by atoms with Crippen LogP contribution in [0, 0.1) is 0 Å². The second-order valence-electron chi connectivity index (χ2n) is 3.75. The molecule has 0 saturated carbocycles. The highest BCUT2D eigenvalue weighted by Crippen LogP contribution is 2.20. The van der Waals surface area contributed by atoms with Gasteiger partial charge in [0.1, 0.15) is 0 Å². The Hall–Kier alpha value is -1.42. The van der Waals surface area contributed by atoms with Gasteiger partial charge < -0.3 is 0 Å². The molecule has 84 valence electrons. The molecule has 0 N–H and O–H groups in total. The van der Waals surface area contributed by atoms with E-state index in [9.17, 15) is 8.42 Å². The van der Waals surface area contributed by atoms with Crippen molar-refractivity contribution in [2.75, 3.05) is 6.26 Å².